The Hall–Kier alpha value is -2.14. The van der Waals surface area contributed by atoms with Crippen LogP contribution in [0.2, 0.25) is 0 Å². The Morgan fingerprint density at radius 2 is 2.17 bits per heavy atom. The molecule has 126 valence electrons. The van der Waals surface area contributed by atoms with Crippen molar-refractivity contribution in [2.45, 2.75) is 38.3 Å². The van der Waals surface area contributed by atoms with E-state index in [0.29, 0.717) is 11.7 Å². The van der Waals surface area contributed by atoms with Gasteiger partial charge in [0.25, 0.3) is 5.91 Å². The molecule has 1 saturated heterocycles. The topological polar surface area (TPSA) is 50.2 Å². The highest BCUT2D eigenvalue weighted by Gasteiger charge is 2.29. The highest BCUT2D eigenvalue weighted by Crippen LogP contribution is 2.30. The lowest BCUT2D eigenvalue weighted by Crippen LogP contribution is -2.39. The number of hydrogen-bond donors (Lipinski definition) is 1. The van der Waals surface area contributed by atoms with Crippen molar-refractivity contribution in [2.75, 3.05) is 19.6 Å². The van der Waals surface area contributed by atoms with Gasteiger partial charge in [-0.3, -0.25) is 9.48 Å². The molecule has 2 unspecified atom stereocenters. The number of benzene rings is 1. The highest BCUT2D eigenvalue weighted by atomic mass is 16.2. The van der Waals surface area contributed by atoms with Gasteiger partial charge in [0, 0.05) is 19.3 Å². The molecule has 4 rings (SSSR count). The molecule has 1 N–H and O–H groups in total. The predicted molar refractivity (Wildman–Crippen MR) is 93.0 cm³/mol. The van der Waals surface area contributed by atoms with Gasteiger partial charge >= 0.3 is 0 Å². The summed E-state index contributed by atoms with van der Waals surface area (Å²) in [7, 11) is 0. The monoisotopic (exact) mass is 324 g/mol. The number of fused-ring (bicyclic) bond motifs is 1. The van der Waals surface area contributed by atoms with Crippen molar-refractivity contribution in [1.29, 1.82) is 0 Å². The maximum Gasteiger partial charge on any atom is 0.274 e. The molecule has 1 aromatic heterocycles. The van der Waals surface area contributed by atoms with E-state index in [-0.39, 0.29) is 11.9 Å². The predicted octanol–water partition coefficient (Wildman–Crippen LogP) is 2.57. The fourth-order valence-corrected chi connectivity index (χ4v) is 3.91. The normalized spacial score (nSPS) is 23.8. The van der Waals surface area contributed by atoms with Gasteiger partial charge in [0.2, 0.25) is 0 Å². The number of carbonyl (C=O) groups excluding carboxylic acids is 1. The molecule has 2 aromatic rings. The van der Waals surface area contributed by atoms with Gasteiger partial charge in [-0.05, 0) is 49.9 Å². The number of aromatic nitrogens is 2. The number of piperidine rings is 1. The minimum absolute atomic E-state index is 0.0412. The molecule has 0 spiro atoms. The molecule has 5 nitrogen and oxygen atoms in total. The summed E-state index contributed by atoms with van der Waals surface area (Å²) in [5.41, 5.74) is 3.17. The largest absolute Gasteiger partial charge is 0.330 e. The first-order valence-electron chi connectivity index (χ1n) is 8.88. The van der Waals surface area contributed by atoms with Crippen molar-refractivity contribution in [2.24, 2.45) is 0 Å². The summed E-state index contributed by atoms with van der Waals surface area (Å²) in [5.74, 6) is 0.0412. The van der Waals surface area contributed by atoms with Crippen LogP contribution < -0.4 is 5.32 Å². The second-order valence-corrected chi connectivity index (χ2v) is 6.80. The quantitative estimate of drug-likeness (QED) is 0.924. The standard InChI is InChI=1S/C19H24N4O/c1-14-17-7-3-2-5-15(17)8-11-22(14)19(24)18-9-12-23(21-18)16-6-4-10-20-13-16/h2-3,5,7,9,12,14,16,20H,4,6,8,10-11,13H2,1H3. The van der Waals surface area contributed by atoms with Crippen molar-refractivity contribution >= 4 is 5.91 Å². The van der Waals surface area contributed by atoms with E-state index < -0.39 is 0 Å². The van der Waals surface area contributed by atoms with Crippen LogP contribution in [-0.2, 0) is 6.42 Å². The van der Waals surface area contributed by atoms with Crippen LogP contribution in [0.5, 0.6) is 0 Å². The maximum absolute atomic E-state index is 13.0. The van der Waals surface area contributed by atoms with E-state index in [1.807, 2.05) is 27.9 Å². The van der Waals surface area contributed by atoms with Crippen LogP contribution in [0.15, 0.2) is 36.5 Å². The number of hydrogen-bond acceptors (Lipinski definition) is 3. The van der Waals surface area contributed by atoms with E-state index in [4.69, 9.17) is 0 Å². The highest BCUT2D eigenvalue weighted by molar-refractivity contribution is 5.92. The minimum atomic E-state index is 0.0412. The smallest absolute Gasteiger partial charge is 0.274 e. The van der Waals surface area contributed by atoms with Crippen molar-refractivity contribution in [3.63, 3.8) is 0 Å². The second-order valence-electron chi connectivity index (χ2n) is 6.80. The zero-order valence-corrected chi connectivity index (χ0v) is 14.1. The van der Waals surface area contributed by atoms with E-state index >= 15 is 0 Å². The molecular weight excluding hydrogens is 300 g/mol. The molecule has 0 saturated carbocycles. The molecule has 2 atom stereocenters. The first kappa shape index (κ1) is 15.4. The number of nitrogens with zero attached hydrogens (tertiary/aromatic N) is 3. The SMILES string of the molecule is CC1c2ccccc2CCN1C(=O)c1ccn(C2CCCNC2)n1. The zero-order valence-electron chi connectivity index (χ0n) is 14.1. The third kappa shape index (κ3) is 2.73. The Labute approximate surface area is 142 Å². The Kier molecular flexibility index (Phi) is 4.10. The Morgan fingerprint density at radius 1 is 1.29 bits per heavy atom. The summed E-state index contributed by atoms with van der Waals surface area (Å²) in [6.45, 7) is 4.88. The number of amides is 1. The van der Waals surface area contributed by atoms with Gasteiger partial charge < -0.3 is 10.2 Å². The number of carbonyl (C=O) groups is 1. The average molecular weight is 324 g/mol. The van der Waals surface area contributed by atoms with Crippen LogP contribution in [0.4, 0.5) is 0 Å². The van der Waals surface area contributed by atoms with E-state index in [1.165, 1.54) is 11.1 Å². The lowest BCUT2D eigenvalue weighted by molar-refractivity contribution is 0.0670. The summed E-state index contributed by atoms with van der Waals surface area (Å²) >= 11 is 0. The van der Waals surface area contributed by atoms with Crippen molar-refractivity contribution in [1.82, 2.24) is 20.0 Å². The van der Waals surface area contributed by atoms with E-state index in [2.05, 4.69) is 35.5 Å². The van der Waals surface area contributed by atoms with Gasteiger partial charge in [0.1, 0.15) is 5.69 Å². The van der Waals surface area contributed by atoms with Crippen LogP contribution in [0, 0.1) is 0 Å². The van der Waals surface area contributed by atoms with E-state index in [0.717, 1.165) is 38.9 Å². The Balaban J connectivity index is 1.53. The van der Waals surface area contributed by atoms with Crippen LogP contribution in [0.1, 0.15) is 53.5 Å². The molecule has 0 aliphatic carbocycles. The second kappa shape index (κ2) is 6.40. The maximum atomic E-state index is 13.0. The first-order chi connectivity index (χ1) is 11.7. The number of nitrogens with one attached hydrogen (secondary N) is 1. The molecule has 3 heterocycles. The van der Waals surface area contributed by atoms with Gasteiger partial charge in [-0.25, -0.2) is 0 Å². The van der Waals surface area contributed by atoms with E-state index in [9.17, 15) is 4.79 Å². The van der Waals surface area contributed by atoms with Gasteiger partial charge in [0.05, 0.1) is 12.1 Å². The molecular formula is C19H24N4O. The molecule has 2 aliphatic rings. The fourth-order valence-electron chi connectivity index (χ4n) is 3.91. The Morgan fingerprint density at radius 3 is 3.00 bits per heavy atom. The van der Waals surface area contributed by atoms with Crippen LogP contribution in [0.25, 0.3) is 0 Å². The van der Waals surface area contributed by atoms with Crippen LogP contribution in [-0.4, -0.2) is 40.2 Å². The molecule has 1 amide bonds. The fraction of sp³-hybridized carbons (Fsp3) is 0.474. The lowest BCUT2D eigenvalue weighted by atomic mass is 9.93. The van der Waals surface area contributed by atoms with Gasteiger partial charge in [0.15, 0.2) is 0 Å². The Bertz CT molecular complexity index is 732. The lowest BCUT2D eigenvalue weighted by Gasteiger charge is -2.34. The summed E-state index contributed by atoms with van der Waals surface area (Å²) in [6, 6.07) is 10.7. The summed E-state index contributed by atoms with van der Waals surface area (Å²) in [6.07, 6.45) is 5.15. The van der Waals surface area contributed by atoms with Gasteiger partial charge in [-0.15, -0.1) is 0 Å². The van der Waals surface area contributed by atoms with Crippen LogP contribution in [0.3, 0.4) is 0 Å². The van der Waals surface area contributed by atoms with Gasteiger partial charge in [-0.2, -0.15) is 5.10 Å². The molecule has 0 bridgehead atoms. The summed E-state index contributed by atoms with van der Waals surface area (Å²) in [4.78, 5) is 14.9. The minimum Gasteiger partial charge on any atom is -0.330 e. The first-order valence-corrected chi connectivity index (χ1v) is 8.88. The van der Waals surface area contributed by atoms with E-state index in [1.54, 1.807) is 0 Å². The van der Waals surface area contributed by atoms with Crippen molar-refractivity contribution < 1.29 is 4.79 Å². The average Bonchev–Trinajstić information content (AvgIpc) is 3.13. The molecule has 24 heavy (non-hydrogen) atoms. The zero-order chi connectivity index (χ0) is 16.5. The number of rotatable bonds is 2. The van der Waals surface area contributed by atoms with Gasteiger partial charge in [-0.1, -0.05) is 24.3 Å². The molecule has 5 heteroatoms. The molecule has 0 radical (unpaired) electrons. The van der Waals surface area contributed by atoms with Crippen LogP contribution >= 0.6 is 0 Å². The molecule has 1 aromatic carbocycles. The summed E-state index contributed by atoms with van der Waals surface area (Å²) < 4.78 is 1.96. The molecule has 2 aliphatic heterocycles. The third-order valence-electron chi connectivity index (χ3n) is 5.33. The summed E-state index contributed by atoms with van der Waals surface area (Å²) in [5, 5.41) is 7.98. The van der Waals surface area contributed by atoms with Crippen molar-refractivity contribution in [3.05, 3.63) is 53.3 Å². The molecule has 1 fully saturated rings. The third-order valence-corrected chi connectivity index (χ3v) is 5.33. The van der Waals surface area contributed by atoms with Crippen molar-refractivity contribution in [3.8, 4) is 0 Å².